The first-order valence-electron chi connectivity index (χ1n) is 9.25. The summed E-state index contributed by atoms with van der Waals surface area (Å²) < 4.78 is 6.22. The maximum Gasteiger partial charge on any atom is 0.205 e. The molecule has 0 unspecified atom stereocenters. The Morgan fingerprint density at radius 2 is 1.52 bits per heavy atom. The predicted octanol–water partition coefficient (Wildman–Crippen LogP) is 5.04. The van der Waals surface area contributed by atoms with Gasteiger partial charge in [0.15, 0.2) is 0 Å². The maximum atomic E-state index is 6.22. The molecule has 0 aliphatic carbocycles. The Labute approximate surface area is 161 Å². The van der Waals surface area contributed by atoms with E-state index in [2.05, 4.69) is 80.4 Å². The molecule has 142 valence electrons. The Morgan fingerprint density at radius 3 is 2.07 bits per heavy atom. The second kappa shape index (κ2) is 7.14. The van der Waals surface area contributed by atoms with Crippen molar-refractivity contribution in [1.29, 1.82) is 0 Å². The average molecular weight is 364 g/mol. The van der Waals surface area contributed by atoms with Gasteiger partial charge in [0.1, 0.15) is 12.4 Å². The molecule has 0 radical (unpaired) electrons. The molecule has 2 aromatic carbocycles. The summed E-state index contributed by atoms with van der Waals surface area (Å²) in [6.07, 6.45) is 0. The van der Waals surface area contributed by atoms with E-state index < -0.39 is 0 Å². The summed E-state index contributed by atoms with van der Waals surface area (Å²) in [6, 6.07) is 14.6. The lowest BCUT2D eigenvalue weighted by atomic mass is 9.80. The molecule has 1 N–H and O–H groups in total. The summed E-state index contributed by atoms with van der Waals surface area (Å²) in [7, 11) is 0. The summed E-state index contributed by atoms with van der Waals surface area (Å²) in [5.41, 5.74) is 4.61. The van der Waals surface area contributed by atoms with Crippen molar-refractivity contribution >= 4 is 0 Å². The molecule has 0 atom stereocenters. The number of ether oxygens (including phenoxy) is 1. The molecule has 5 nitrogen and oxygen atoms in total. The minimum absolute atomic E-state index is 0.0575. The van der Waals surface area contributed by atoms with E-state index in [4.69, 9.17) is 4.74 Å². The van der Waals surface area contributed by atoms with E-state index in [9.17, 15) is 0 Å². The van der Waals surface area contributed by atoms with E-state index in [1.807, 2.05) is 24.3 Å². The van der Waals surface area contributed by atoms with Gasteiger partial charge < -0.3 is 4.74 Å². The van der Waals surface area contributed by atoms with Crippen LogP contribution in [0.25, 0.3) is 11.4 Å². The molecule has 0 aliphatic heterocycles. The fourth-order valence-electron chi connectivity index (χ4n) is 2.85. The lowest BCUT2D eigenvalue weighted by Gasteiger charge is -2.26. The number of tetrazole rings is 1. The van der Waals surface area contributed by atoms with Gasteiger partial charge >= 0.3 is 0 Å². The molecule has 0 bridgehead atoms. The molecule has 27 heavy (non-hydrogen) atoms. The van der Waals surface area contributed by atoms with E-state index in [1.165, 1.54) is 11.1 Å². The van der Waals surface area contributed by atoms with Crippen molar-refractivity contribution < 1.29 is 4.74 Å². The number of aromatic nitrogens is 4. The summed E-state index contributed by atoms with van der Waals surface area (Å²) in [5.74, 6) is 1.46. The van der Waals surface area contributed by atoms with Gasteiger partial charge in [0.2, 0.25) is 5.82 Å². The van der Waals surface area contributed by atoms with Crippen LogP contribution in [-0.4, -0.2) is 20.6 Å². The lowest BCUT2D eigenvalue weighted by Crippen LogP contribution is -2.16. The van der Waals surface area contributed by atoms with Crippen LogP contribution in [0.5, 0.6) is 5.75 Å². The third kappa shape index (κ3) is 4.54. The Morgan fingerprint density at radius 1 is 0.889 bits per heavy atom. The molecule has 3 aromatic rings. The van der Waals surface area contributed by atoms with Crippen molar-refractivity contribution in [2.24, 2.45) is 0 Å². The van der Waals surface area contributed by atoms with E-state index >= 15 is 0 Å². The van der Waals surface area contributed by atoms with E-state index in [0.717, 1.165) is 16.9 Å². The van der Waals surface area contributed by atoms with E-state index in [1.54, 1.807) is 0 Å². The standard InChI is InChI=1S/C22H28N4O/c1-21(2,3)16-11-17(22(4,5)6)13-18(12-16)27-14-15-9-7-8-10-19(15)20-23-25-26-24-20/h7-13H,14H2,1-6H3,(H,23,24,25,26). The molecule has 0 spiro atoms. The predicted molar refractivity (Wildman–Crippen MR) is 108 cm³/mol. The summed E-state index contributed by atoms with van der Waals surface area (Å²) in [5, 5.41) is 14.3. The lowest BCUT2D eigenvalue weighted by molar-refractivity contribution is 0.305. The van der Waals surface area contributed by atoms with E-state index in [-0.39, 0.29) is 10.8 Å². The number of H-pyrrole nitrogens is 1. The first-order chi connectivity index (χ1) is 12.6. The molecular weight excluding hydrogens is 336 g/mol. The van der Waals surface area contributed by atoms with Gasteiger partial charge in [-0.1, -0.05) is 71.9 Å². The molecule has 3 rings (SSSR count). The molecule has 5 heteroatoms. The molecule has 0 saturated carbocycles. The molecule has 0 saturated heterocycles. The van der Waals surface area contributed by atoms with Crippen LogP contribution in [0.3, 0.4) is 0 Å². The minimum atomic E-state index is 0.0575. The van der Waals surface area contributed by atoms with Gasteiger partial charge in [-0.3, -0.25) is 0 Å². The Hall–Kier alpha value is -2.69. The van der Waals surface area contributed by atoms with Crippen molar-refractivity contribution in [1.82, 2.24) is 20.6 Å². The number of nitrogens with zero attached hydrogens (tertiary/aromatic N) is 3. The van der Waals surface area contributed by atoms with Gasteiger partial charge in [-0.05, 0) is 39.3 Å². The zero-order valence-electron chi connectivity index (χ0n) is 17.0. The second-order valence-corrected chi connectivity index (χ2v) is 8.93. The second-order valence-electron chi connectivity index (χ2n) is 8.93. The fraction of sp³-hybridized carbons (Fsp3) is 0.409. The Kier molecular flexibility index (Phi) is 5.05. The van der Waals surface area contributed by atoms with Crippen molar-refractivity contribution in [2.45, 2.75) is 59.0 Å². The van der Waals surface area contributed by atoms with Gasteiger partial charge in [-0.2, -0.15) is 5.21 Å². The number of nitrogens with one attached hydrogen (secondary N) is 1. The zero-order valence-corrected chi connectivity index (χ0v) is 17.0. The quantitative estimate of drug-likeness (QED) is 0.704. The summed E-state index contributed by atoms with van der Waals surface area (Å²) in [6.45, 7) is 13.8. The Bertz CT molecular complexity index is 871. The highest BCUT2D eigenvalue weighted by molar-refractivity contribution is 5.59. The van der Waals surface area contributed by atoms with Crippen LogP contribution < -0.4 is 4.74 Å². The number of hydrogen-bond donors (Lipinski definition) is 1. The third-order valence-corrected chi connectivity index (χ3v) is 4.64. The highest BCUT2D eigenvalue weighted by Gasteiger charge is 2.21. The number of aromatic amines is 1. The number of rotatable bonds is 4. The zero-order chi connectivity index (χ0) is 19.7. The van der Waals surface area contributed by atoms with Crippen molar-refractivity contribution in [3.05, 3.63) is 59.2 Å². The highest BCUT2D eigenvalue weighted by atomic mass is 16.5. The molecule has 1 heterocycles. The van der Waals surface area contributed by atoms with Gasteiger partial charge in [0.25, 0.3) is 0 Å². The van der Waals surface area contributed by atoms with Gasteiger partial charge in [0.05, 0.1) is 0 Å². The number of hydrogen-bond acceptors (Lipinski definition) is 4. The molecule has 0 fully saturated rings. The molecule has 1 aromatic heterocycles. The molecule has 0 amide bonds. The SMILES string of the molecule is CC(C)(C)c1cc(OCc2ccccc2-c2nn[nH]n2)cc(C(C)(C)C)c1. The van der Waals surface area contributed by atoms with Crippen LogP contribution in [0.1, 0.15) is 58.2 Å². The highest BCUT2D eigenvalue weighted by Crippen LogP contribution is 2.33. The monoisotopic (exact) mass is 364 g/mol. The first kappa shape index (κ1) is 19.1. The largest absolute Gasteiger partial charge is 0.489 e. The normalized spacial score (nSPS) is 12.2. The van der Waals surface area contributed by atoms with Crippen LogP contribution in [0, 0.1) is 0 Å². The van der Waals surface area contributed by atoms with Crippen molar-refractivity contribution in [2.75, 3.05) is 0 Å². The van der Waals surface area contributed by atoms with E-state index in [0.29, 0.717) is 12.4 Å². The maximum absolute atomic E-state index is 6.22. The molecular formula is C22H28N4O. The molecule has 0 aliphatic rings. The smallest absolute Gasteiger partial charge is 0.205 e. The topological polar surface area (TPSA) is 63.7 Å². The Balaban J connectivity index is 1.91. The van der Waals surface area contributed by atoms with Crippen LogP contribution in [0.4, 0.5) is 0 Å². The van der Waals surface area contributed by atoms with Crippen LogP contribution >= 0.6 is 0 Å². The van der Waals surface area contributed by atoms with Gasteiger partial charge in [0, 0.05) is 11.1 Å². The van der Waals surface area contributed by atoms with Gasteiger partial charge in [-0.25, -0.2) is 0 Å². The third-order valence-electron chi connectivity index (χ3n) is 4.64. The van der Waals surface area contributed by atoms with Crippen LogP contribution in [-0.2, 0) is 17.4 Å². The summed E-state index contributed by atoms with van der Waals surface area (Å²) in [4.78, 5) is 0. The first-order valence-corrected chi connectivity index (χ1v) is 9.25. The minimum Gasteiger partial charge on any atom is -0.489 e. The van der Waals surface area contributed by atoms with Gasteiger partial charge in [-0.15, -0.1) is 10.2 Å². The van der Waals surface area contributed by atoms with Crippen molar-refractivity contribution in [3.63, 3.8) is 0 Å². The summed E-state index contributed by atoms with van der Waals surface area (Å²) >= 11 is 0. The van der Waals surface area contributed by atoms with Crippen LogP contribution in [0.2, 0.25) is 0 Å². The van der Waals surface area contributed by atoms with Crippen LogP contribution in [0.15, 0.2) is 42.5 Å². The number of benzene rings is 2. The average Bonchev–Trinajstić information content (AvgIpc) is 3.13. The van der Waals surface area contributed by atoms with Crippen molar-refractivity contribution in [3.8, 4) is 17.1 Å². The fourth-order valence-corrected chi connectivity index (χ4v) is 2.85.